The molecule has 47 heavy (non-hydrogen) atoms. The summed E-state index contributed by atoms with van der Waals surface area (Å²) in [7, 11) is 3.78. The summed E-state index contributed by atoms with van der Waals surface area (Å²) in [4.78, 5) is 37.4. The van der Waals surface area contributed by atoms with Crippen LogP contribution in [0.2, 0.25) is 0 Å². The molecule has 1 aromatic heterocycles. The molecule has 0 spiro atoms. The number of rotatable bonds is 10. The average molecular weight is 655 g/mol. The molecule has 7 nitrogen and oxygen atoms in total. The number of aryl methyl sites for hydroxylation is 1. The van der Waals surface area contributed by atoms with Gasteiger partial charge in [-0.25, -0.2) is 4.98 Å². The van der Waals surface area contributed by atoms with Crippen LogP contribution >= 0.6 is 11.3 Å². The van der Waals surface area contributed by atoms with Gasteiger partial charge in [0.05, 0.1) is 22.9 Å². The number of likely N-dealkylation sites (tertiary alicyclic amines) is 1. The monoisotopic (exact) mass is 654 g/mol. The molecule has 2 heterocycles. The Balaban J connectivity index is 1.04. The molecule has 250 valence electrons. The number of amides is 2. The zero-order chi connectivity index (χ0) is 32.5. The molecule has 1 N–H and O–H groups in total. The predicted molar refractivity (Wildman–Crippen MR) is 189 cm³/mol. The Labute approximate surface area is 284 Å². The molecule has 8 heteroatoms. The van der Waals surface area contributed by atoms with E-state index in [1.807, 2.05) is 6.20 Å². The normalized spacial score (nSPS) is 25.2. The van der Waals surface area contributed by atoms with E-state index in [1.54, 1.807) is 18.4 Å². The van der Waals surface area contributed by atoms with E-state index in [1.165, 1.54) is 33.9 Å². The Morgan fingerprint density at radius 1 is 0.936 bits per heavy atom. The van der Waals surface area contributed by atoms with Crippen LogP contribution in [0.4, 0.5) is 5.69 Å². The number of hydrogen-bond acceptors (Lipinski definition) is 6. The molecular weight excluding hydrogens is 605 g/mol. The molecule has 1 aliphatic heterocycles. The molecule has 0 radical (unpaired) electrons. The predicted octanol–water partition coefficient (Wildman–Crippen LogP) is 7.55. The average Bonchev–Trinajstić information content (AvgIpc) is 3.81. The van der Waals surface area contributed by atoms with Crippen molar-refractivity contribution in [3.8, 4) is 16.2 Å². The molecule has 7 rings (SSSR count). The van der Waals surface area contributed by atoms with Crippen LogP contribution in [0.3, 0.4) is 0 Å². The largest absolute Gasteiger partial charge is 0.497 e. The van der Waals surface area contributed by atoms with Crippen LogP contribution in [-0.2, 0) is 9.59 Å². The molecular formula is C39H50N4O3S. The Morgan fingerprint density at radius 3 is 2.36 bits per heavy atom. The second kappa shape index (κ2) is 14.1. The summed E-state index contributed by atoms with van der Waals surface area (Å²) in [5.74, 6) is 3.13. The van der Waals surface area contributed by atoms with Gasteiger partial charge in [-0.1, -0.05) is 18.2 Å². The number of nitrogens with one attached hydrogen (secondary N) is 1. The first kappa shape index (κ1) is 32.3. The van der Waals surface area contributed by atoms with Crippen LogP contribution in [0.25, 0.3) is 10.4 Å². The van der Waals surface area contributed by atoms with Crippen molar-refractivity contribution in [1.29, 1.82) is 0 Å². The van der Waals surface area contributed by atoms with E-state index in [2.05, 4.69) is 71.6 Å². The summed E-state index contributed by atoms with van der Waals surface area (Å²) in [5, 5.41) is 4.54. The summed E-state index contributed by atoms with van der Waals surface area (Å²) in [6.45, 7) is 4.65. The van der Waals surface area contributed by atoms with Gasteiger partial charge in [-0.15, -0.1) is 11.3 Å². The van der Waals surface area contributed by atoms with Gasteiger partial charge in [0.2, 0.25) is 11.8 Å². The summed E-state index contributed by atoms with van der Waals surface area (Å²) in [6.07, 6.45) is 12.4. The zero-order valence-corrected chi connectivity index (χ0v) is 29.1. The van der Waals surface area contributed by atoms with E-state index >= 15 is 0 Å². The van der Waals surface area contributed by atoms with Crippen LogP contribution in [-0.4, -0.2) is 61.5 Å². The van der Waals surface area contributed by atoms with Gasteiger partial charge >= 0.3 is 0 Å². The number of carbonyl (C=O) groups is 2. The molecule has 4 fully saturated rings. The first-order valence-corrected chi connectivity index (χ1v) is 18.7. The molecule has 3 saturated carbocycles. The lowest BCUT2D eigenvalue weighted by molar-refractivity contribution is -0.130. The van der Waals surface area contributed by atoms with Gasteiger partial charge in [-0.2, -0.15) is 0 Å². The van der Waals surface area contributed by atoms with Crippen LogP contribution in [0.1, 0.15) is 92.2 Å². The number of thiazole rings is 1. The molecule has 4 aliphatic rings. The number of benzene rings is 2. The van der Waals surface area contributed by atoms with E-state index in [9.17, 15) is 9.59 Å². The van der Waals surface area contributed by atoms with Crippen molar-refractivity contribution in [2.75, 3.05) is 38.7 Å². The van der Waals surface area contributed by atoms with Crippen molar-refractivity contribution in [2.24, 2.45) is 17.8 Å². The lowest BCUT2D eigenvalue weighted by Crippen LogP contribution is -2.54. The maximum Gasteiger partial charge on any atom is 0.230 e. The third kappa shape index (κ3) is 7.44. The Kier molecular flexibility index (Phi) is 9.69. The topological polar surface area (TPSA) is 74.8 Å². The van der Waals surface area contributed by atoms with Crippen molar-refractivity contribution >= 4 is 28.8 Å². The molecule has 3 aromatic rings. The highest BCUT2D eigenvalue weighted by atomic mass is 32.1. The number of anilines is 1. The van der Waals surface area contributed by atoms with E-state index < -0.39 is 0 Å². The minimum atomic E-state index is -0.00944. The van der Waals surface area contributed by atoms with E-state index in [0.717, 1.165) is 88.0 Å². The third-order valence-electron chi connectivity index (χ3n) is 11.2. The first-order chi connectivity index (χ1) is 22.8. The number of ether oxygens (including phenoxy) is 1. The Bertz CT molecular complexity index is 1560. The fourth-order valence-corrected chi connectivity index (χ4v) is 9.21. The smallest absolute Gasteiger partial charge is 0.230 e. The Morgan fingerprint density at radius 2 is 1.68 bits per heavy atom. The quantitative estimate of drug-likeness (QED) is 0.245. The van der Waals surface area contributed by atoms with Crippen LogP contribution in [0.15, 0.2) is 48.7 Å². The second-order valence-electron chi connectivity index (χ2n) is 14.8. The number of carbonyl (C=O) groups excluding carboxylic acids is 2. The lowest BCUT2D eigenvalue weighted by atomic mass is 9.77. The van der Waals surface area contributed by atoms with Crippen LogP contribution in [0, 0.1) is 24.7 Å². The molecule has 0 bridgehead atoms. The van der Waals surface area contributed by atoms with E-state index in [0.29, 0.717) is 17.8 Å². The van der Waals surface area contributed by atoms with Crippen molar-refractivity contribution < 1.29 is 14.3 Å². The summed E-state index contributed by atoms with van der Waals surface area (Å²) >= 11 is 1.80. The fraction of sp³-hybridized carbons (Fsp3) is 0.564. The molecule has 1 saturated heterocycles. The minimum absolute atomic E-state index is 0.00944. The highest BCUT2D eigenvalue weighted by Gasteiger charge is 2.36. The summed E-state index contributed by atoms with van der Waals surface area (Å²) < 4.78 is 5.45. The number of methoxy groups -OCH3 is 1. The van der Waals surface area contributed by atoms with Gasteiger partial charge in [0.1, 0.15) is 5.75 Å². The van der Waals surface area contributed by atoms with Crippen LogP contribution in [0.5, 0.6) is 5.75 Å². The maximum absolute atomic E-state index is 14.5. The van der Waals surface area contributed by atoms with Crippen molar-refractivity contribution in [3.05, 3.63) is 64.8 Å². The van der Waals surface area contributed by atoms with Crippen molar-refractivity contribution in [1.82, 2.24) is 15.2 Å². The maximum atomic E-state index is 14.5. The van der Waals surface area contributed by atoms with Gasteiger partial charge in [-0.3, -0.25) is 9.59 Å². The molecule has 0 unspecified atom stereocenters. The van der Waals surface area contributed by atoms with E-state index in [4.69, 9.17) is 9.72 Å². The first-order valence-electron chi connectivity index (χ1n) is 17.9. The molecule has 2 amide bonds. The molecule has 2 aromatic carbocycles. The summed E-state index contributed by atoms with van der Waals surface area (Å²) in [6, 6.07) is 15.3. The van der Waals surface area contributed by atoms with Gasteiger partial charge < -0.3 is 19.9 Å². The highest BCUT2D eigenvalue weighted by molar-refractivity contribution is 7.15. The number of nitrogens with zero attached hydrogens (tertiary/aromatic N) is 3. The number of hydrogen-bond donors (Lipinski definition) is 1. The standard InChI is InChI=1S/C39H50N4O3S/c1-25-19-34(46-3)17-18-35(25)27-9-7-26(8-10-27)22-43(33-6-4-5-30(20-33)36-21-40-38(47-36)28-11-12-28)39(45)29-13-15-32(16-14-29)41-37(44)31-23-42(2)24-31/h4-6,17-21,26-29,31-32H,7-16,22-24H2,1-3H3,(H,41,44). The summed E-state index contributed by atoms with van der Waals surface area (Å²) in [5.41, 5.74) is 4.90. The minimum Gasteiger partial charge on any atom is -0.497 e. The lowest BCUT2D eigenvalue weighted by Gasteiger charge is -2.38. The van der Waals surface area contributed by atoms with Crippen molar-refractivity contribution in [3.63, 3.8) is 0 Å². The van der Waals surface area contributed by atoms with Gasteiger partial charge in [0, 0.05) is 49.4 Å². The van der Waals surface area contributed by atoms with Gasteiger partial charge in [-0.05, 0) is 131 Å². The Hall–Kier alpha value is -3.23. The van der Waals surface area contributed by atoms with Gasteiger partial charge in [0.25, 0.3) is 0 Å². The van der Waals surface area contributed by atoms with E-state index in [-0.39, 0.29) is 29.7 Å². The molecule has 3 aliphatic carbocycles. The van der Waals surface area contributed by atoms with Crippen molar-refractivity contribution in [2.45, 2.75) is 89.0 Å². The van der Waals surface area contributed by atoms with Gasteiger partial charge in [0.15, 0.2) is 0 Å². The third-order valence-corrected chi connectivity index (χ3v) is 12.4. The van der Waals surface area contributed by atoms with Crippen LogP contribution < -0.4 is 15.0 Å². The second-order valence-corrected chi connectivity index (χ2v) is 15.8. The highest BCUT2D eigenvalue weighted by Crippen LogP contribution is 2.44. The molecule has 0 atom stereocenters. The SMILES string of the molecule is COc1ccc(C2CCC(CN(C(=O)C3CCC(NC(=O)C4CN(C)C4)CC3)c3cccc(-c4cnc(C5CC5)s4)c3)CC2)c(C)c1. The fourth-order valence-electron chi connectivity index (χ4n) is 8.13. The zero-order valence-electron chi connectivity index (χ0n) is 28.2. The number of aromatic nitrogens is 1.